The molecule has 21 heavy (non-hydrogen) atoms. The van der Waals surface area contributed by atoms with Crippen molar-refractivity contribution in [2.24, 2.45) is 5.41 Å². The summed E-state index contributed by atoms with van der Waals surface area (Å²) >= 11 is 0. The first-order chi connectivity index (χ1) is 9.56. The molecule has 2 N–H and O–H groups in total. The van der Waals surface area contributed by atoms with E-state index < -0.39 is 5.97 Å². The van der Waals surface area contributed by atoms with Crippen LogP contribution in [0.15, 0.2) is 6.07 Å². The van der Waals surface area contributed by atoms with Crippen molar-refractivity contribution in [2.45, 2.75) is 66.3 Å². The fourth-order valence-corrected chi connectivity index (χ4v) is 2.26. The van der Waals surface area contributed by atoms with E-state index in [1.165, 1.54) is 0 Å². The molecule has 118 valence electrons. The Morgan fingerprint density at radius 1 is 1.33 bits per heavy atom. The molecule has 0 amide bonds. The summed E-state index contributed by atoms with van der Waals surface area (Å²) in [6.45, 7) is 12.3. The SMILES string of the molecule is Cc1cc(NC(CC(=O)O)CC(C)(C)C)nc(C(C)C)n1. The Balaban J connectivity index is 2.94. The van der Waals surface area contributed by atoms with Gasteiger partial charge in [0.05, 0.1) is 6.42 Å². The summed E-state index contributed by atoms with van der Waals surface area (Å²) in [5, 5.41) is 12.4. The van der Waals surface area contributed by atoms with Crippen molar-refractivity contribution in [2.75, 3.05) is 5.32 Å². The molecule has 0 aliphatic heterocycles. The molecule has 0 fully saturated rings. The van der Waals surface area contributed by atoms with E-state index in [0.29, 0.717) is 5.82 Å². The standard InChI is InChI=1S/C16H27N3O2/c1-10(2)15-17-11(3)7-13(19-15)18-12(8-14(20)21)9-16(4,5)6/h7,10,12H,8-9H2,1-6H3,(H,20,21)(H,17,18,19). The van der Waals surface area contributed by atoms with Gasteiger partial charge in [0.15, 0.2) is 0 Å². The summed E-state index contributed by atoms with van der Waals surface area (Å²) in [6.07, 6.45) is 0.844. The molecule has 1 aromatic heterocycles. The van der Waals surface area contributed by atoms with Crippen molar-refractivity contribution in [1.82, 2.24) is 9.97 Å². The van der Waals surface area contributed by atoms with Crippen LogP contribution in [0.4, 0.5) is 5.82 Å². The summed E-state index contributed by atoms with van der Waals surface area (Å²) < 4.78 is 0. The summed E-state index contributed by atoms with van der Waals surface area (Å²) in [6, 6.07) is 1.72. The number of anilines is 1. The highest BCUT2D eigenvalue weighted by Crippen LogP contribution is 2.24. The van der Waals surface area contributed by atoms with Gasteiger partial charge < -0.3 is 10.4 Å². The van der Waals surface area contributed by atoms with Crippen LogP contribution < -0.4 is 5.32 Å². The fourth-order valence-electron chi connectivity index (χ4n) is 2.26. The smallest absolute Gasteiger partial charge is 0.305 e. The van der Waals surface area contributed by atoms with Crippen LogP contribution in [-0.2, 0) is 4.79 Å². The molecule has 1 aromatic rings. The average molecular weight is 293 g/mol. The number of hydrogen-bond donors (Lipinski definition) is 2. The third kappa shape index (κ3) is 6.56. The number of aromatic nitrogens is 2. The number of carbonyl (C=O) groups is 1. The van der Waals surface area contributed by atoms with Gasteiger partial charge in [-0.15, -0.1) is 0 Å². The Kier molecular flexibility index (Phi) is 5.70. The summed E-state index contributed by atoms with van der Waals surface area (Å²) in [4.78, 5) is 20.0. The van der Waals surface area contributed by atoms with E-state index in [1.54, 1.807) is 0 Å². The van der Waals surface area contributed by atoms with Crippen LogP contribution in [-0.4, -0.2) is 27.1 Å². The molecule has 0 saturated carbocycles. The molecule has 0 spiro atoms. The second-order valence-electron chi connectivity index (χ2n) is 7.11. The lowest BCUT2D eigenvalue weighted by Crippen LogP contribution is -2.29. The van der Waals surface area contributed by atoms with Gasteiger partial charge in [-0.1, -0.05) is 34.6 Å². The van der Waals surface area contributed by atoms with Crippen LogP contribution in [0.25, 0.3) is 0 Å². The maximum absolute atomic E-state index is 11.1. The van der Waals surface area contributed by atoms with Crippen LogP contribution in [0.3, 0.4) is 0 Å². The van der Waals surface area contributed by atoms with Crippen LogP contribution in [0.2, 0.25) is 0 Å². The molecule has 0 bridgehead atoms. The lowest BCUT2D eigenvalue weighted by atomic mass is 9.87. The minimum Gasteiger partial charge on any atom is -0.481 e. The fraction of sp³-hybridized carbons (Fsp3) is 0.688. The van der Waals surface area contributed by atoms with E-state index in [0.717, 1.165) is 17.9 Å². The number of nitrogens with one attached hydrogen (secondary N) is 1. The first-order valence-electron chi connectivity index (χ1n) is 7.41. The second kappa shape index (κ2) is 6.87. The van der Waals surface area contributed by atoms with Crippen LogP contribution in [0, 0.1) is 12.3 Å². The Hall–Kier alpha value is -1.65. The van der Waals surface area contributed by atoms with Gasteiger partial charge in [0, 0.05) is 23.7 Å². The van der Waals surface area contributed by atoms with Gasteiger partial charge in [-0.05, 0) is 18.8 Å². The Labute approximate surface area is 127 Å². The van der Waals surface area contributed by atoms with Crippen LogP contribution >= 0.6 is 0 Å². The number of aryl methyl sites for hydroxylation is 1. The summed E-state index contributed by atoms with van der Waals surface area (Å²) in [7, 11) is 0. The van der Waals surface area contributed by atoms with Crippen LogP contribution in [0.1, 0.15) is 64.9 Å². The average Bonchev–Trinajstić information content (AvgIpc) is 2.24. The first-order valence-corrected chi connectivity index (χ1v) is 7.41. The van der Waals surface area contributed by atoms with Gasteiger partial charge in [-0.25, -0.2) is 9.97 Å². The highest BCUT2D eigenvalue weighted by molar-refractivity contribution is 5.68. The van der Waals surface area contributed by atoms with E-state index in [9.17, 15) is 4.79 Å². The third-order valence-corrected chi connectivity index (χ3v) is 3.02. The topological polar surface area (TPSA) is 75.1 Å². The largest absolute Gasteiger partial charge is 0.481 e. The number of carboxylic acid groups (broad SMARTS) is 1. The minimum atomic E-state index is -0.799. The van der Waals surface area contributed by atoms with Gasteiger partial charge in [0.1, 0.15) is 11.6 Å². The van der Waals surface area contributed by atoms with E-state index in [4.69, 9.17) is 5.11 Å². The molecule has 1 unspecified atom stereocenters. The molecule has 0 aromatic carbocycles. The molecule has 0 saturated heterocycles. The number of rotatable bonds is 6. The van der Waals surface area contributed by atoms with Crippen LogP contribution in [0.5, 0.6) is 0 Å². The van der Waals surface area contributed by atoms with Gasteiger partial charge >= 0.3 is 5.97 Å². The van der Waals surface area contributed by atoms with E-state index in [2.05, 4.69) is 36.1 Å². The van der Waals surface area contributed by atoms with Gasteiger partial charge in [0.2, 0.25) is 0 Å². The van der Waals surface area contributed by atoms with Gasteiger partial charge in [-0.2, -0.15) is 0 Å². The molecule has 0 aliphatic carbocycles. The zero-order valence-electron chi connectivity index (χ0n) is 13.9. The molecule has 1 atom stereocenters. The van der Waals surface area contributed by atoms with Gasteiger partial charge in [-0.3, -0.25) is 4.79 Å². The first kappa shape index (κ1) is 17.4. The second-order valence-corrected chi connectivity index (χ2v) is 7.11. The number of hydrogen-bond acceptors (Lipinski definition) is 4. The number of nitrogens with zero attached hydrogens (tertiary/aromatic N) is 2. The molecule has 0 radical (unpaired) electrons. The van der Waals surface area contributed by atoms with E-state index in [1.807, 2.05) is 26.8 Å². The van der Waals surface area contributed by atoms with Crippen molar-refractivity contribution in [3.63, 3.8) is 0 Å². The monoisotopic (exact) mass is 293 g/mol. The van der Waals surface area contributed by atoms with Crippen molar-refractivity contribution in [1.29, 1.82) is 0 Å². The zero-order valence-corrected chi connectivity index (χ0v) is 13.9. The Bertz CT molecular complexity index is 493. The van der Waals surface area contributed by atoms with Crippen molar-refractivity contribution in [3.05, 3.63) is 17.6 Å². The molecule has 1 rings (SSSR count). The van der Waals surface area contributed by atoms with E-state index >= 15 is 0 Å². The summed E-state index contributed by atoms with van der Waals surface area (Å²) in [5.41, 5.74) is 0.942. The molecule has 5 heteroatoms. The van der Waals surface area contributed by atoms with Crippen molar-refractivity contribution in [3.8, 4) is 0 Å². The summed E-state index contributed by atoms with van der Waals surface area (Å²) in [5.74, 6) is 0.932. The quantitative estimate of drug-likeness (QED) is 0.838. The molecular weight excluding hydrogens is 266 g/mol. The maximum Gasteiger partial charge on any atom is 0.305 e. The predicted octanol–water partition coefficient (Wildman–Crippen LogP) is 3.60. The molecular formula is C16H27N3O2. The molecule has 1 heterocycles. The zero-order chi connectivity index (χ0) is 16.2. The van der Waals surface area contributed by atoms with Crippen molar-refractivity contribution < 1.29 is 9.90 Å². The Morgan fingerprint density at radius 3 is 2.43 bits per heavy atom. The van der Waals surface area contributed by atoms with E-state index in [-0.39, 0.29) is 23.8 Å². The number of aliphatic carboxylic acids is 1. The number of carboxylic acids is 1. The Morgan fingerprint density at radius 2 is 1.95 bits per heavy atom. The maximum atomic E-state index is 11.1. The lowest BCUT2D eigenvalue weighted by molar-refractivity contribution is -0.137. The highest BCUT2D eigenvalue weighted by atomic mass is 16.4. The predicted molar refractivity (Wildman–Crippen MR) is 84.6 cm³/mol. The molecule has 5 nitrogen and oxygen atoms in total. The lowest BCUT2D eigenvalue weighted by Gasteiger charge is -2.26. The van der Waals surface area contributed by atoms with Crippen molar-refractivity contribution >= 4 is 11.8 Å². The normalized spacial score (nSPS) is 13.3. The molecule has 0 aliphatic rings. The highest BCUT2D eigenvalue weighted by Gasteiger charge is 2.22. The third-order valence-electron chi connectivity index (χ3n) is 3.02. The minimum absolute atomic E-state index is 0.0517. The van der Waals surface area contributed by atoms with Gasteiger partial charge in [0.25, 0.3) is 0 Å².